The highest BCUT2D eigenvalue weighted by molar-refractivity contribution is 5.90. The summed E-state index contributed by atoms with van der Waals surface area (Å²) < 4.78 is 15.9. The van der Waals surface area contributed by atoms with Crippen molar-refractivity contribution in [3.8, 4) is 5.75 Å². The van der Waals surface area contributed by atoms with Crippen molar-refractivity contribution >= 4 is 16.6 Å². The Bertz CT molecular complexity index is 781. The summed E-state index contributed by atoms with van der Waals surface area (Å²) in [7, 11) is 0. The van der Waals surface area contributed by atoms with Crippen LogP contribution in [-0.4, -0.2) is 16.2 Å². The van der Waals surface area contributed by atoms with Gasteiger partial charge in [0.15, 0.2) is 0 Å². The monoisotopic (exact) mass is 298 g/mol. The molecule has 0 spiro atoms. The summed E-state index contributed by atoms with van der Waals surface area (Å²) >= 11 is 0. The van der Waals surface area contributed by atoms with Gasteiger partial charge < -0.3 is 15.0 Å². The van der Waals surface area contributed by atoms with Gasteiger partial charge in [-0.15, -0.1) is 0 Å². The van der Waals surface area contributed by atoms with Crippen LogP contribution in [0.2, 0.25) is 0 Å². The fraction of sp³-hybridized carbons (Fsp3) is 0.222. The molecule has 114 valence electrons. The van der Waals surface area contributed by atoms with Gasteiger partial charge in [0.25, 0.3) is 0 Å². The van der Waals surface area contributed by atoms with Crippen LogP contribution < -0.4 is 5.32 Å². The Hall–Kier alpha value is -2.49. The fourth-order valence-electron chi connectivity index (χ4n) is 2.81. The second-order valence-corrected chi connectivity index (χ2v) is 5.27. The normalized spacial score (nSPS) is 11.0. The first-order chi connectivity index (χ1) is 10.7. The van der Waals surface area contributed by atoms with Gasteiger partial charge in [0, 0.05) is 30.4 Å². The smallest absolute Gasteiger partial charge is 0.147 e. The summed E-state index contributed by atoms with van der Waals surface area (Å²) in [5.41, 5.74) is 2.49. The van der Waals surface area contributed by atoms with Crippen LogP contribution in [0.15, 0.2) is 48.7 Å². The predicted molar refractivity (Wildman–Crippen MR) is 87.9 cm³/mol. The maximum atomic E-state index is 14.1. The van der Waals surface area contributed by atoms with Gasteiger partial charge in [-0.2, -0.15) is 0 Å². The van der Waals surface area contributed by atoms with Crippen molar-refractivity contribution in [2.75, 3.05) is 11.9 Å². The van der Waals surface area contributed by atoms with Crippen molar-refractivity contribution in [2.24, 2.45) is 0 Å². The predicted octanol–water partition coefficient (Wildman–Crippen LogP) is 4.16. The quantitative estimate of drug-likeness (QED) is 0.742. The SMILES string of the molecule is CCn1cc(CCNc2ccccc2)c2c(O)ccc(F)c21. The number of nitrogens with zero attached hydrogens (tertiary/aromatic N) is 1. The van der Waals surface area contributed by atoms with Crippen LogP contribution in [0.3, 0.4) is 0 Å². The highest BCUT2D eigenvalue weighted by Crippen LogP contribution is 2.32. The zero-order valence-electron chi connectivity index (χ0n) is 12.5. The molecule has 2 aromatic carbocycles. The summed E-state index contributed by atoms with van der Waals surface area (Å²) in [5, 5.41) is 14.1. The van der Waals surface area contributed by atoms with E-state index in [0.29, 0.717) is 17.4 Å². The third kappa shape index (κ3) is 2.64. The number of para-hydroxylation sites is 1. The zero-order valence-corrected chi connectivity index (χ0v) is 12.5. The number of nitrogens with one attached hydrogen (secondary N) is 1. The minimum atomic E-state index is -0.295. The number of halogens is 1. The Morgan fingerprint density at radius 3 is 2.64 bits per heavy atom. The van der Waals surface area contributed by atoms with Gasteiger partial charge in [-0.25, -0.2) is 4.39 Å². The lowest BCUT2D eigenvalue weighted by atomic mass is 10.1. The Labute approximate surface area is 129 Å². The van der Waals surface area contributed by atoms with Gasteiger partial charge in [-0.05, 0) is 43.2 Å². The molecule has 0 aliphatic heterocycles. The van der Waals surface area contributed by atoms with E-state index in [2.05, 4.69) is 5.32 Å². The van der Waals surface area contributed by atoms with Gasteiger partial charge in [-0.1, -0.05) is 18.2 Å². The average molecular weight is 298 g/mol. The number of hydrogen-bond donors (Lipinski definition) is 2. The molecule has 0 bridgehead atoms. The second kappa shape index (κ2) is 6.10. The van der Waals surface area contributed by atoms with E-state index in [1.165, 1.54) is 12.1 Å². The highest BCUT2D eigenvalue weighted by Gasteiger charge is 2.15. The number of aryl methyl sites for hydroxylation is 1. The molecule has 0 saturated carbocycles. The van der Waals surface area contributed by atoms with Crippen LogP contribution in [0.1, 0.15) is 12.5 Å². The molecule has 3 nitrogen and oxygen atoms in total. The van der Waals surface area contributed by atoms with Crippen LogP contribution in [-0.2, 0) is 13.0 Å². The van der Waals surface area contributed by atoms with E-state index in [9.17, 15) is 9.50 Å². The number of rotatable bonds is 5. The number of hydrogen-bond acceptors (Lipinski definition) is 2. The molecule has 0 atom stereocenters. The molecule has 0 radical (unpaired) electrons. The van der Waals surface area contributed by atoms with Crippen molar-refractivity contribution in [1.82, 2.24) is 4.57 Å². The van der Waals surface area contributed by atoms with Crippen LogP contribution >= 0.6 is 0 Å². The number of aromatic hydroxyl groups is 1. The minimum absolute atomic E-state index is 0.137. The number of anilines is 1. The lowest BCUT2D eigenvalue weighted by Gasteiger charge is -2.06. The van der Waals surface area contributed by atoms with Crippen molar-refractivity contribution in [2.45, 2.75) is 19.9 Å². The molecule has 0 fully saturated rings. The van der Waals surface area contributed by atoms with E-state index in [-0.39, 0.29) is 11.6 Å². The molecule has 4 heteroatoms. The molecule has 3 aromatic rings. The minimum Gasteiger partial charge on any atom is -0.507 e. The molecule has 1 aromatic heterocycles. The number of benzene rings is 2. The fourth-order valence-corrected chi connectivity index (χ4v) is 2.81. The molecule has 0 saturated heterocycles. The molecule has 1 heterocycles. The van der Waals surface area contributed by atoms with Crippen molar-refractivity contribution < 1.29 is 9.50 Å². The van der Waals surface area contributed by atoms with Crippen LogP contribution in [0, 0.1) is 5.82 Å². The molecular formula is C18H19FN2O. The van der Waals surface area contributed by atoms with Gasteiger partial charge >= 0.3 is 0 Å². The topological polar surface area (TPSA) is 37.2 Å². The van der Waals surface area contributed by atoms with E-state index in [4.69, 9.17) is 0 Å². The van der Waals surface area contributed by atoms with E-state index >= 15 is 0 Å². The highest BCUT2D eigenvalue weighted by atomic mass is 19.1. The molecule has 0 unspecified atom stereocenters. The third-order valence-electron chi connectivity index (χ3n) is 3.86. The molecule has 3 rings (SSSR count). The molecule has 0 amide bonds. The lowest BCUT2D eigenvalue weighted by Crippen LogP contribution is -2.04. The van der Waals surface area contributed by atoms with E-state index in [1.807, 2.05) is 48.0 Å². The first-order valence-electron chi connectivity index (χ1n) is 7.48. The van der Waals surface area contributed by atoms with Crippen molar-refractivity contribution in [3.63, 3.8) is 0 Å². The van der Waals surface area contributed by atoms with E-state index in [1.54, 1.807) is 0 Å². The van der Waals surface area contributed by atoms with E-state index in [0.717, 1.165) is 24.2 Å². The number of aromatic nitrogens is 1. The molecular weight excluding hydrogens is 279 g/mol. The Morgan fingerprint density at radius 1 is 1.14 bits per heavy atom. The lowest BCUT2D eigenvalue weighted by molar-refractivity contribution is 0.480. The molecule has 0 aliphatic rings. The Balaban J connectivity index is 1.86. The maximum Gasteiger partial charge on any atom is 0.147 e. The van der Waals surface area contributed by atoms with Crippen molar-refractivity contribution in [3.05, 3.63) is 60.0 Å². The summed E-state index contributed by atoms with van der Waals surface area (Å²) in [4.78, 5) is 0. The Morgan fingerprint density at radius 2 is 1.91 bits per heavy atom. The largest absolute Gasteiger partial charge is 0.507 e. The van der Waals surface area contributed by atoms with Crippen LogP contribution in [0.4, 0.5) is 10.1 Å². The van der Waals surface area contributed by atoms with Gasteiger partial charge in [0.1, 0.15) is 11.6 Å². The first-order valence-corrected chi connectivity index (χ1v) is 7.48. The number of phenols is 1. The first kappa shape index (κ1) is 14.4. The third-order valence-corrected chi connectivity index (χ3v) is 3.86. The number of fused-ring (bicyclic) bond motifs is 1. The maximum absolute atomic E-state index is 14.1. The van der Waals surface area contributed by atoms with Gasteiger partial charge in [0.05, 0.1) is 5.52 Å². The average Bonchev–Trinajstić information content (AvgIpc) is 2.92. The summed E-state index contributed by atoms with van der Waals surface area (Å²) in [6.07, 6.45) is 2.65. The van der Waals surface area contributed by atoms with Gasteiger partial charge in [0.2, 0.25) is 0 Å². The van der Waals surface area contributed by atoms with Crippen LogP contribution in [0.25, 0.3) is 10.9 Å². The summed E-state index contributed by atoms with van der Waals surface area (Å²) in [6, 6.07) is 12.7. The standard InChI is InChI=1S/C18H19FN2O/c1-2-21-12-13(10-11-20-14-6-4-3-5-7-14)17-16(22)9-8-15(19)18(17)21/h3-9,12,20,22H,2,10-11H2,1H3. The molecule has 2 N–H and O–H groups in total. The summed E-state index contributed by atoms with van der Waals surface area (Å²) in [6.45, 7) is 3.36. The van der Waals surface area contributed by atoms with Crippen molar-refractivity contribution in [1.29, 1.82) is 0 Å². The molecule has 22 heavy (non-hydrogen) atoms. The second-order valence-electron chi connectivity index (χ2n) is 5.27. The number of phenolic OH excluding ortho intramolecular Hbond substituents is 1. The zero-order chi connectivity index (χ0) is 15.5. The summed E-state index contributed by atoms with van der Waals surface area (Å²) in [5.74, 6) is -0.157. The molecule has 0 aliphatic carbocycles. The van der Waals surface area contributed by atoms with E-state index < -0.39 is 0 Å². The van der Waals surface area contributed by atoms with Crippen LogP contribution in [0.5, 0.6) is 5.75 Å². The Kier molecular flexibility index (Phi) is 4.00. The van der Waals surface area contributed by atoms with Gasteiger partial charge in [-0.3, -0.25) is 0 Å².